The maximum absolute atomic E-state index is 13.6. The van der Waals surface area contributed by atoms with Crippen molar-refractivity contribution in [1.82, 2.24) is 8.97 Å². The molecule has 0 saturated carbocycles. The summed E-state index contributed by atoms with van der Waals surface area (Å²) in [4.78, 5) is 13.6. The second kappa shape index (κ2) is 11.9. The predicted octanol–water partition coefficient (Wildman–Crippen LogP) is 4.23. The first-order chi connectivity index (χ1) is 16.7. The average molecular weight is 523 g/mol. The van der Waals surface area contributed by atoms with Gasteiger partial charge in [0, 0.05) is 31.8 Å². The number of rotatable bonds is 14. The third-order valence-corrected chi connectivity index (χ3v) is 7.64. The van der Waals surface area contributed by atoms with Gasteiger partial charge in [-0.25, -0.2) is 0 Å². The van der Waals surface area contributed by atoms with Crippen molar-refractivity contribution in [2.24, 2.45) is 0 Å². The molecule has 9 heteroatoms. The largest absolute Gasteiger partial charge is 0.343 e. The molecule has 0 heterocycles. The Labute approximate surface area is 216 Å². The Balaban J connectivity index is 2.29. The molecule has 0 spiro atoms. The van der Waals surface area contributed by atoms with Crippen molar-refractivity contribution in [3.8, 4) is 0 Å². The molecule has 2 aromatic rings. The van der Waals surface area contributed by atoms with Crippen LogP contribution in [0.1, 0.15) is 42.1 Å². The lowest BCUT2D eigenvalue weighted by Gasteiger charge is -2.32. The molecule has 0 radical (unpaired) electrons. The van der Waals surface area contributed by atoms with E-state index in [2.05, 4.69) is 21.0 Å². The average Bonchev–Trinajstić information content (AvgIpc) is 2.83. The van der Waals surface area contributed by atoms with Crippen LogP contribution >= 0.6 is 0 Å². The molecule has 36 heavy (non-hydrogen) atoms. The standard InChI is InChI=1S/C27H41N2O6S/c1-8-9-19-28(2,3)24-15-11-22(12-16-24)26(30)27(34-6,35-7)23-13-17-25(18-14-23)29(4,5)20-10-21-36(31,32)33/h11-18H,8-10,19-21H2,1-7H3/q+1/p+1. The minimum absolute atomic E-state index is 0.287. The van der Waals surface area contributed by atoms with Gasteiger partial charge in [-0.1, -0.05) is 13.3 Å². The van der Waals surface area contributed by atoms with Crippen LogP contribution in [0.5, 0.6) is 0 Å². The van der Waals surface area contributed by atoms with E-state index in [0.717, 1.165) is 35.2 Å². The molecule has 8 nitrogen and oxygen atoms in total. The highest BCUT2D eigenvalue weighted by Crippen LogP contribution is 2.33. The first-order valence-corrected chi connectivity index (χ1v) is 13.8. The molecular weight excluding hydrogens is 480 g/mol. The zero-order valence-electron chi connectivity index (χ0n) is 22.7. The lowest BCUT2D eigenvalue weighted by molar-refractivity contribution is -0.176. The van der Waals surface area contributed by atoms with Crippen molar-refractivity contribution in [3.05, 3.63) is 59.7 Å². The fourth-order valence-electron chi connectivity index (χ4n) is 4.38. The molecule has 0 unspecified atom stereocenters. The Hall–Kier alpha value is -2.14. The Morgan fingerprint density at radius 3 is 1.69 bits per heavy atom. The number of carbonyl (C=O) groups is 1. The van der Waals surface area contributed by atoms with Crippen LogP contribution in [-0.2, 0) is 25.4 Å². The quantitative estimate of drug-likeness (QED) is 0.173. The van der Waals surface area contributed by atoms with Crippen LogP contribution in [0, 0.1) is 0 Å². The van der Waals surface area contributed by atoms with E-state index < -0.39 is 15.9 Å². The second-order valence-corrected chi connectivity index (χ2v) is 11.8. The Morgan fingerprint density at radius 1 is 0.833 bits per heavy atom. The Bertz CT molecular complexity index is 1110. The van der Waals surface area contributed by atoms with Gasteiger partial charge < -0.3 is 9.47 Å². The first kappa shape index (κ1) is 30.1. The molecule has 2 rings (SSSR count). The Morgan fingerprint density at radius 2 is 1.28 bits per heavy atom. The number of benzene rings is 2. The van der Waals surface area contributed by atoms with E-state index in [9.17, 15) is 13.2 Å². The summed E-state index contributed by atoms with van der Waals surface area (Å²) in [7, 11) is 7.12. The normalized spacial score (nSPS) is 13.1. The van der Waals surface area contributed by atoms with Gasteiger partial charge in [0.15, 0.2) is 0 Å². The highest BCUT2D eigenvalue weighted by atomic mass is 32.2. The zero-order chi connectivity index (χ0) is 27.2. The lowest BCUT2D eigenvalue weighted by atomic mass is 9.95. The number of unbranched alkanes of at least 4 members (excludes halogenated alkanes) is 1. The summed E-state index contributed by atoms with van der Waals surface area (Å²) in [5.41, 5.74) is 3.09. The van der Waals surface area contributed by atoms with Gasteiger partial charge in [0.1, 0.15) is 11.4 Å². The van der Waals surface area contributed by atoms with Crippen LogP contribution in [0.15, 0.2) is 48.5 Å². The third kappa shape index (κ3) is 7.21. The molecule has 2 aromatic carbocycles. The van der Waals surface area contributed by atoms with E-state index in [1.165, 1.54) is 14.2 Å². The number of ether oxygens (including phenoxy) is 2. The van der Waals surface area contributed by atoms with E-state index in [4.69, 9.17) is 14.0 Å². The van der Waals surface area contributed by atoms with Crippen LogP contribution in [-0.4, -0.2) is 80.0 Å². The molecule has 0 aliphatic rings. The van der Waals surface area contributed by atoms with E-state index >= 15 is 0 Å². The smallest absolute Gasteiger partial charge is 0.265 e. The fourth-order valence-corrected chi connectivity index (χ4v) is 4.87. The van der Waals surface area contributed by atoms with Crippen molar-refractivity contribution in [1.29, 1.82) is 0 Å². The maximum Gasteiger partial charge on any atom is 0.265 e. The van der Waals surface area contributed by atoms with Crippen molar-refractivity contribution in [3.63, 3.8) is 0 Å². The van der Waals surface area contributed by atoms with Crippen LogP contribution in [0.3, 0.4) is 0 Å². The van der Waals surface area contributed by atoms with Crippen molar-refractivity contribution < 1.29 is 27.2 Å². The summed E-state index contributed by atoms with van der Waals surface area (Å²) in [5.74, 6) is -2.19. The maximum atomic E-state index is 13.6. The lowest BCUT2D eigenvalue weighted by Crippen LogP contribution is -2.43. The third-order valence-electron chi connectivity index (χ3n) is 6.84. The highest BCUT2D eigenvalue weighted by Gasteiger charge is 2.42. The zero-order valence-corrected chi connectivity index (χ0v) is 23.5. The highest BCUT2D eigenvalue weighted by molar-refractivity contribution is 7.85. The SMILES string of the molecule is CCCC[N+](C)(C)c1ccc(C(=O)C(OC)(OC)c2ccc([N+](C)(C)CCCS(=O)(=O)O)cc2)cc1. The summed E-state index contributed by atoms with van der Waals surface area (Å²) in [6.07, 6.45) is 2.56. The van der Waals surface area contributed by atoms with E-state index in [1.54, 1.807) is 12.1 Å². The second-order valence-electron chi connectivity index (χ2n) is 10.3. The fraction of sp³-hybridized carbons (Fsp3) is 0.519. The molecule has 0 aliphatic carbocycles. The molecule has 1 N–H and O–H groups in total. The van der Waals surface area contributed by atoms with Gasteiger partial charge in [0.2, 0.25) is 5.78 Å². The molecule has 0 bridgehead atoms. The van der Waals surface area contributed by atoms with Crippen molar-refractivity contribution >= 4 is 27.3 Å². The summed E-state index contributed by atoms with van der Waals surface area (Å²) < 4.78 is 43.6. The minimum Gasteiger partial charge on any atom is -0.343 e. The van der Waals surface area contributed by atoms with Gasteiger partial charge in [0.25, 0.3) is 15.9 Å². The summed E-state index contributed by atoms with van der Waals surface area (Å²) in [5, 5.41) is 0. The topological polar surface area (TPSA) is 89.9 Å². The summed E-state index contributed by atoms with van der Waals surface area (Å²) >= 11 is 0. The predicted molar refractivity (Wildman–Crippen MR) is 146 cm³/mol. The number of ketones is 1. The number of carbonyl (C=O) groups excluding carboxylic acids is 1. The van der Waals surface area contributed by atoms with Gasteiger partial charge in [-0.3, -0.25) is 18.3 Å². The molecule has 0 atom stereocenters. The number of methoxy groups -OCH3 is 2. The minimum atomic E-state index is -3.99. The van der Waals surface area contributed by atoms with Crippen molar-refractivity contribution in [2.75, 3.05) is 61.3 Å². The Kier molecular flexibility index (Phi) is 9.98. The van der Waals surface area contributed by atoms with Gasteiger partial charge in [-0.2, -0.15) is 8.42 Å². The van der Waals surface area contributed by atoms with Gasteiger partial charge in [0.05, 0.1) is 47.0 Å². The molecule has 0 aromatic heterocycles. The van der Waals surface area contributed by atoms with E-state index in [0.29, 0.717) is 28.6 Å². The van der Waals surface area contributed by atoms with Crippen LogP contribution in [0.25, 0.3) is 0 Å². The number of hydrogen-bond acceptors (Lipinski definition) is 5. The number of Topliss-reactive ketones (excluding diaryl/α,β-unsaturated/α-hetero) is 1. The monoisotopic (exact) mass is 522 g/mol. The van der Waals surface area contributed by atoms with Crippen LogP contribution < -0.4 is 8.97 Å². The van der Waals surface area contributed by atoms with E-state index in [-0.39, 0.29) is 11.5 Å². The molecule has 0 saturated heterocycles. The van der Waals surface area contributed by atoms with Crippen LogP contribution in [0.2, 0.25) is 0 Å². The number of hydrogen-bond donors (Lipinski definition) is 1. The summed E-state index contributed by atoms with van der Waals surface area (Å²) in [6.45, 7) is 3.70. The van der Waals surface area contributed by atoms with Crippen LogP contribution in [0.4, 0.5) is 11.4 Å². The van der Waals surface area contributed by atoms with Crippen molar-refractivity contribution in [2.45, 2.75) is 32.0 Å². The van der Waals surface area contributed by atoms with Gasteiger partial charge in [-0.15, -0.1) is 0 Å². The summed E-state index contributed by atoms with van der Waals surface area (Å²) in [6, 6.07) is 14.9. The van der Waals surface area contributed by atoms with Gasteiger partial charge in [-0.05, 0) is 55.0 Å². The molecular formula is C27H42N2O6S+2. The molecule has 200 valence electrons. The van der Waals surface area contributed by atoms with Gasteiger partial charge >= 0.3 is 0 Å². The molecule has 0 aliphatic heterocycles. The van der Waals surface area contributed by atoms with E-state index in [1.807, 2.05) is 50.5 Å². The molecule has 0 fully saturated rings. The molecule has 0 amide bonds. The number of nitrogens with zero attached hydrogens (tertiary/aromatic N) is 2. The number of quaternary nitrogens is 2. The first-order valence-electron chi connectivity index (χ1n) is 12.2.